The average molecular weight is 422 g/mol. The van der Waals surface area contributed by atoms with Gasteiger partial charge in [-0.05, 0) is 31.0 Å². The second kappa shape index (κ2) is 7.71. The van der Waals surface area contributed by atoms with Crippen molar-refractivity contribution in [3.8, 4) is 11.3 Å². The molecule has 0 bridgehead atoms. The normalized spacial score (nSPS) is 15.6. The highest BCUT2D eigenvalue weighted by Gasteiger charge is 2.32. The molecule has 0 radical (unpaired) electrons. The van der Waals surface area contributed by atoms with Crippen LogP contribution >= 0.6 is 11.6 Å². The largest absolute Gasteiger partial charge is 0.417 e. The SMILES string of the molecule is O=C(Nc1cccc(-c2cn3cc(C(F)(F)F)cc(Cl)c3n2)c1)C1CCCCC1. The molecule has 1 fully saturated rings. The van der Waals surface area contributed by atoms with E-state index in [4.69, 9.17) is 11.6 Å². The van der Waals surface area contributed by atoms with Crippen LogP contribution in [0.1, 0.15) is 37.7 Å². The summed E-state index contributed by atoms with van der Waals surface area (Å²) in [5, 5.41) is 2.87. The highest BCUT2D eigenvalue weighted by molar-refractivity contribution is 6.33. The maximum Gasteiger partial charge on any atom is 0.417 e. The summed E-state index contributed by atoms with van der Waals surface area (Å²) in [5.74, 6) is 0.0388. The van der Waals surface area contributed by atoms with E-state index in [1.165, 1.54) is 17.0 Å². The molecule has 1 N–H and O–H groups in total. The number of alkyl halides is 3. The van der Waals surface area contributed by atoms with E-state index in [1.54, 1.807) is 24.3 Å². The minimum atomic E-state index is -4.49. The summed E-state index contributed by atoms with van der Waals surface area (Å²) in [7, 11) is 0. The average Bonchev–Trinajstić information content (AvgIpc) is 3.13. The highest BCUT2D eigenvalue weighted by atomic mass is 35.5. The van der Waals surface area contributed by atoms with Crippen LogP contribution in [0.4, 0.5) is 18.9 Å². The molecule has 1 aliphatic carbocycles. The smallest absolute Gasteiger partial charge is 0.326 e. The fraction of sp³-hybridized carbons (Fsp3) is 0.333. The molecule has 8 heteroatoms. The van der Waals surface area contributed by atoms with Crippen LogP contribution in [-0.4, -0.2) is 15.3 Å². The number of hydrogen-bond acceptors (Lipinski definition) is 2. The third-order valence-corrected chi connectivity index (χ3v) is 5.51. The van der Waals surface area contributed by atoms with Gasteiger partial charge >= 0.3 is 6.18 Å². The number of carbonyl (C=O) groups excluding carboxylic acids is 1. The van der Waals surface area contributed by atoms with Crippen LogP contribution in [-0.2, 0) is 11.0 Å². The van der Waals surface area contributed by atoms with E-state index in [-0.39, 0.29) is 22.5 Å². The number of benzene rings is 1. The number of anilines is 1. The minimum Gasteiger partial charge on any atom is -0.326 e. The number of carbonyl (C=O) groups is 1. The first kappa shape index (κ1) is 19.8. The second-order valence-electron chi connectivity index (χ2n) is 7.34. The Kier molecular flexibility index (Phi) is 5.25. The molecule has 4 nitrogen and oxygen atoms in total. The number of aromatic nitrogens is 2. The Labute approximate surface area is 170 Å². The van der Waals surface area contributed by atoms with Gasteiger partial charge in [0.15, 0.2) is 5.65 Å². The lowest BCUT2D eigenvalue weighted by Crippen LogP contribution is -2.24. The lowest BCUT2D eigenvalue weighted by atomic mass is 9.88. The molecule has 0 unspecified atom stereocenters. The van der Waals surface area contributed by atoms with Gasteiger partial charge in [0.05, 0.1) is 16.3 Å². The van der Waals surface area contributed by atoms with Crippen molar-refractivity contribution in [1.29, 1.82) is 0 Å². The van der Waals surface area contributed by atoms with Crippen molar-refractivity contribution in [2.45, 2.75) is 38.3 Å². The Morgan fingerprint density at radius 1 is 1.14 bits per heavy atom. The second-order valence-corrected chi connectivity index (χ2v) is 7.74. The first-order valence-corrected chi connectivity index (χ1v) is 9.86. The molecular weight excluding hydrogens is 403 g/mol. The standard InChI is InChI=1S/C21H19ClF3N3O/c22-17-10-15(21(23,24)25)11-28-12-18(27-19(17)28)14-7-4-8-16(9-14)26-20(29)13-5-2-1-3-6-13/h4,7-13H,1-3,5-6H2,(H,26,29). The predicted octanol–water partition coefficient (Wildman–Crippen LogP) is 6.19. The Morgan fingerprint density at radius 2 is 1.90 bits per heavy atom. The zero-order valence-electron chi connectivity index (χ0n) is 15.5. The minimum absolute atomic E-state index is 0.00900. The maximum absolute atomic E-state index is 13.0. The molecule has 0 saturated heterocycles. The number of fused-ring (bicyclic) bond motifs is 1. The first-order chi connectivity index (χ1) is 13.8. The summed E-state index contributed by atoms with van der Waals surface area (Å²) in [6, 6.07) is 7.99. The molecule has 0 aliphatic heterocycles. The molecule has 3 aromatic rings. The van der Waals surface area contributed by atoms with E-state index in [0.717, 1.165) is 37.9 Å². The van der Waals surface area contributed by atoms with Crippen molar-refractivity contribution in [3.05, 3.63) is 53.3 Å². The molecule has 1 saturated carbocycles. The zero-order chi connectivity index (χ0) is 20.6. The molecule has 0 spiro atoms. The van der Waals surface area contributed by atoms with Crippen molar-refractivity contribution >= 4 is 28.8 Å². The van der Waals surface area contributed by atoms with Gasteiger partial charge in [-0.2, -0.15) is 13.2 Å². The van der Waals surface area contributed by atoms with Crippen LogP contribution in [0.5, 0.6) is 0 Å². The third-order valence-electron chi connectivity index (χ3n) is 5.24. The van der Waals surface area contributed by atoms with Gasteiger partial charge in [-0.15, -0.1) is 0 Å². The lowest BCUT2D eigenvalue weighted by Gasteiger charge is -2.20. The van der Waals surface area contributed by atoms with Gasteiger partial charge in [-0.1, -0.05) is 43.0 Å². The van der Waals surface area contributed by atoms with Crippen molar-refractivity contribution in [1.82, 2.24) is 9.38 Å². The predicted molar refractivity (Wildman–Crippen MR) is 106 cm³/mol. The van der Waals surface area contributed by atoms with E-state index in [0.29, 0.717) is 16.9 Å². The Balaban J connectivity index is 1.61. The van der Waals surface area contributed by atoms with Crippen molar-refractivity contribution in [3.63, 3.8) is 0 Å². The summed E-state index contributed by atoms with van der Waals surface area (Å²) in [6.07, 6.45) is 3.08. The fourth-order valence-corrected chi connectivity index (χ4v) is 3.97. The monoisotopic (exact) mass is 421 g/mol. The molecule has 152 valence electrons. The summed E-state index contributed by atoms with van der Waals surface area (Å²) >= 11 is 6.01. The van der Waals surface area contributed by atoms with E-state index >= 15 is 0 Å². The topological polar surface area (TPSA) is 46.4 Å². The van der Waals surface area contributed by atoms with E-state index < -0.39 is 11.7 Å². The van der Waals surface area contributed by atoms with Gasteiger partial charge in [-0.25, -0.2) is 4.98 Å². The summed E-state index contributed by atoms with van der Waals surface area (Å²) in [4.78, 5) is 16.8. The van der Waals surface area contributed by atoms with Crippen LogP contribution in [0.2, 0.25) is 5.02 Å². The number of pyridine rings is 1. The molecule has 1 aliphatic rings. The van der Waals surface area contributed by atoms with E-state index in [1.807, 2.05) is 0 Å². The van der Waals surface area contributed by atoms with Crippen LogP contribution in [0.15, 0.2) is 42.7 Å². The number of halogens is 4. The quantitative estimate of drug-likeness (QED) is 0.548. The Bertz CT molecular complexity index is 1050. The van der Waals surface area contributed by atoms with Crippen LogP contribution in [0.3, 0.4) is 0 Å². The van der Waals surface area contributed by atoms with E-state index in [9.17, 15) is 18.0 Å². The van der Waals surface area contributed by atoms with Crippen LogP contribution in [0.25, 0.3) is 16.9 Å². The van der Waals surface area contributed by atoms with Crippen LogP contribution in [0, 0.1) is 5.92 Å². The van der Waals surface area contributed by atoms with Crippen LogP contribution < -0.4 is 5.32 Å². The number of nitrogens with one attached hydrogen (secondary N) is 1. The van der Waals surface area contributed by atoms with Crippen molar-refractivity contribution in [2.24, 2.45) is 5.92 Å². The molecule has 1 aromatic carbocycles. The number of nitrogens with zero attached hydrogens (tertiary/aromatic N) is 2. The molecular formula is C21H19ClF3N3O. The first-order valence-electron chi connectivity index (χ1n) is 9.48. The molecule has 4 rings (SSSR count). The van der Waals surface area contributed by atoms with E-state index in [2.05, 4.69) is 10.3 Å². The number of rotatable bonds is 3. The molecule has 0 atom stereocenters. The molecule has 2 heterocycles. The van der Waals surface area contributed by atoms with Gasteiger partial charge in [0, 0.05) is 29.6 Å². The highest BCUT2D eigenvalue weighted by Crippen LogP contribution is 2.33. The number of amides is 1. The van der Waals surface area contributed by atoms with Gasteiger partial charge in [-0.3, -0.25) is 4.79 Å². The third kappa shape index (κ3) is 4.24. The van der Waals surface area contributed by atoms with Crippen molar-refractivity contribution in [2.75, 3.05) is 5.32 Å². The molecule has 1 amide bonds. The number of imidazole rings is 1. The molecule has 2 aromatic heterocycles. The van der Waals surface area contributed by atoms with Gasteiger partial charge in [0.2, 0.25) is 5.91 Å². The Hall–Kier alpha value is -2.54. The fourth-order valence-electron chi connectivity index (χ4n) is 3.72. The van der Waals surface area contributed by atoms with Gasteiger partial charge in [0.1, 0.15) is 0 Å². The summed E-state index contributed by atoms with van der Waals surface area (Å²) in [5.41, 5.74) is 1.19. The Morgan fingerprint density at radius 3 is 2.62 bits per heavy atom. The lowest BCUT2D eigenvalue weighted by molar-refractivity contribution is -0.137. The summed E-state index contributed by atoms with van der Waals surface area (Å²) in [6.45, 7) is 0. The van der Waals surface area contributed by atoms with Gasteiger partial charge < -0.3 is 9.72 Å². The zero-order valence-corrected chi connectivity index (χ0v) is 16.2. The molecule has 29 heavy (non-hydrogen) atoms. The van der Waals surface area contributed by atoms with Crippen molar-refractivity contribution < 1.29 is 18.0 Å². The number of hydrogen-bond donors (Lipinski definition) is 1. The summed E-state index contributed by atoms with van der Waals surface area (Å²) < 4.78 is 40.3. The van der Waals surface area contributed by atoms with Gasteiger partial charge in [0.25, 0.3) is 0 Å². The maximum atomic E-state index is 13.0.